The summed E-state index contributed by atoms with van der Waals surface area (Å²) in [7, 11) is 0. The van der Waals surface area contributed by atoms with E-state index in [0.29, 0.717) is 0 Å². The van der Waals surface area contributed by atoms with Crippen molar-refractivity contribution in [2.75, 3.05) is 0 Å². The summed E-state index contributed by atoms with van der Waals surface area (Å²) in [6.45, 7) is 13.5. The molecule has 1 aromatic rings. The minimum Gasteiger partial charge on any atom is -0.360 e. The number of aliphatic imine (C=N–C) groups is 1. The Morgan fingerprint density at radius 3 is 2.36 bits per heavy atom. The summed E-state index contributed by atoms with van der Waals surface area (Å²) in [5, 5.41) is 0. The smallest absolute Gasteiger partial charge is 0.0874 e. The van der Waals surface area contributed by atoms with Crippen molar-refractivity contribution < 1.29 is 1.43 Å². The Morgan fingerprint density at radius 1 is 1.36 bits per heavy atom. The lowest BCUT2D eigenvalue weighted by atomic mass is 10.4. The number of aromatic amines is 1. The van der Waals surface area contributed by atoms with Gasteiger partial charge in [-0.05, 0) is 19.1 Å². The highest BCUT2D eigenvalue weighted by Crippen LogP contribution is 2.17. The predicted molar refractivity (Wildman–Crippen MR) is 69.5 cm³/mol. The summed E-state index contributed by atoms with van der Waals surface area (Å²) in [4.78, 5) is 7.12. The van der Waals surface area contributed by atoms with Crippen molar-refractivity contribution in [3.8, 4) is 0 Å². The van der Waals surface area contributed by atoms with Crippen LogP contribution >= 0.6 is 0 Å². The molecular weight excluding hydrogens is 172 g/mol. The summed E-state index contributed by atoms with van der Waals surface area (Å²) >= 11 is 0. The van der Waals surface area contributed by atoms with E-state index in [4.69, 9.17) is 0 Å². The summed E-state index contributed by atoms with van der Waals surface area (Å²) in [6, 6.07) is 1.91. The van der Waals surface area contributed by atoms with Gasteiger partial charge in [0.05, 0.1) is 11.4 Å². The molecule has 0 amide bonds. The van der Waals surface area contributed by atoms with Gasteiger partial charge >= 0.3 is 0 Å². The van der Waals surface area contributed by atoms with Crippen LogP contribution < -0.4 is 0 Å². The van der Waals surface area contributed by atoms with Crippen LogP contribution in [0.1, 0.15) is 41.7 Å². The van der Waals surface area contributed by atoms with E-state index in [0.717, 1.165) is 11.4 Å². The van der Waals surface area contributed by atoms with Gasteiger partial charge in [-0.2, -0.15) is 0 Å². The Labute approximate surface area is 89.3 Å². The molecule has 14 heavy (non-hydrogen) atoms. The van der Waals surface area contributed by atoms with E-state index in [1.807, 2.05) is 46.9 Å². The van der Waals surface area contributed by atoms with Gasteiger partial charge in [-0.1, -0.05) is 34.3 Å². The number of hydrogen-bond donors (Lipinski definition) is 1. The standard InChI is InChI=1S/C8H10N2.2C2H6.H2/c1-3-7-8(9-4-2)5-6-10-7;2*1-2;/h3-6,10H,1H2,2H3;2*1-2H3;1H. The monoisotopic (exact) mass is 196 g/mol. The normalized spacial score (nSPS) is 8.36. The molecule has 0 aliphatic rings. The van der Waals surface area contributed by atoms with Gasteiger partial charge < -0.3 is 4.98 Å². The highest BCUT2D eigenvalue weighted by molar-refractivity contribution is 5.66. The van der Waals surface area contributed by atoms with Crippen molar-refractivity contribution in [2.45, 2.75) is 34.6 Å². The van der Waals surface area contributed by atoms with Crippen LogP contribution in [0.5, 0.6) is 0 Å². The molecule has 0 bridgehead atoms. The highest BCUT2D eigenvalue weighted by Gasteiger charge is 1.93. The molecule has 2 nitrogen and oxygen atoms in total. The maximum Gasteiger partial charge on any atom is 0.0874 e. The summed E-state index contributed by atoms with van der Waals surface area (Å²) < 4.78 is 0. The Hall–Kier alpha value is -1.31. The van der Waals surface area contributed by atoms with E-state index >= 15 is 0 Å². The molecule has 0 atom stereocenters. The van der Waals surface area contributed by atoms with Gasteiger partial charge in [-0.25, -0.2) is 0 Å². The number of H-pyrrole nitrogens is 1. The first-order valence-corrected chi connectivity index (χ1v) is 5.17. The number of rotatable bonds is 2. The van der Waals surface area contributed by atoms with Crippen LogP contribution in [-0.4, -0.2) is 11.2 Å². The summed E-state index contributed by atoms with van der Waals surface area (Å²) in [5.74, 6) is 0. The predicted octanol–water partition coefficient (Wildman–Crippen LogP) is 4.68. The third-order valence-electron chi connectivity index (χ3n) is 1.23. The van der Waals surface area contributed by atoms with E-state index in [2.05, 4.69) is 16.6 Å². The van der Waals surface area contributed by atoms with E-state index in [9.17, 15) is 0 Å². The number of hydrogen-bond acceptors (Lipinski definition) is 1. The maximum atomic E-state index is 4.11. The van der Waals surface area contributed by atoms with Crippen molar-refractivity contribution >= 4 is 18.0 Å². The average Bonchev–Trinajstić information content (AvgIpc) is 2.72. The van der Waals surface area contributed by atoms with Gasteiger partial charge in [0, 0.05) is 13.8 Å². The lowest BCUT2D eigenvalue weighted by molar-refractivity contribution is 1.37. The molecule has 1 aromatic heterocycles. The first kappa shape index (κ1) is 15.2. The molecule has 0 saturated carbocycles. The van der Waals surface area contributed by atoms with Crippen molar-refractivity contribution in [1.82, 2.24) is 4.98 Å². The summed E-state index contributed by atoms with van der Waals surface area (Å²) in [6.07, 6.45) is 5.36. The third-order valence-corrected chi connectivity index (χ3v) is 1.23. The molecule has 0 aliphatic heterocycles. The fourth-order valence-corrected chi connectivity index (χ4v) is 0.789. The Kier molecular flexibility index (Phi) is 12.7. The van der Waals surface area contributed by atoms with Gasteiger partial charge in [-0.3, -0.25) is 4.99 Å². The minimum absolute atomic E-state index is 0. The maximum absolute atomic E-state index is 4.11. The van der Waals surface area contributed by atoms with Gasteiger partial charge in [0.15, 0.2) is 0 Å². The van der Waals surface area contributed by atoms with Crippen molar-refractivity contribution in [3.05, 3.63) is 24.5 Å². The molecule has 0 aromatic carbocycles. The Balaban J connectivity index is -0.000000258. The molecule has 0 fully saturated rings. The van der Waals surface area contributed by atoms with Crippen LogP contribution in [0.15, 0.2) is 23.8 Å². The van der Waals surface area contributed by atoms with E-state index in [1.54, 1.807) is 12.3 Å². The second-order valence-electron chi connectivity index (χ2n) is 1.87. The molecule has 1 rings (SSSR count). The van der Waals surface area contributed by atoms with Crippen molar-refractivity contribution in [3.63, 3.8) is 0 Å². The first-order chi connectivity index (χ1) is 6.88. The van der Waals surface area contributed by atoms with Crippen LogP contribution in [0, 0.1) is 0 Å². The fraction of sp³-hybridized carbons (Fsp3) is 0.417. The lowest BCUT2D eigenvalue weighted by Gasteiger charge is -1.87. The van der Waals surface area contributed by atoms with E-state index in [1.165, 1.54) is 0 Å². The molecule has 82 valence electrons. The zero-order valence-electron chi connectivity index (χ0n) is 9.96. The first-order valence-electron chi connectivity index (χ1n) is 5.17. The number of nitrogens with one attached hydrogen (secondary N) is 1. The van der Waals surface area contributed by atoms with Crippen LogP contribution in [-0.2, 0) is 0 Å². The molecule has 2 heteroatoms. The molecule has 0 spiro atoms. The third kappa shape index (κ3) is 5.36. The second-order valence-corrected chi connectivity index (χ2v) is 1.87. The van der Waals surface area contributed by atoms with Crippen molar-refractivity contribution in [1.29, 1.82) is 0 Å². The van der Waals surface area contributed by atoms with E-state index < -0.39 is 0 Å². The van der Waals surface area contributed by atoms with Crippen LogP contribution in [0.3, 0.4) is 0 Å². The molecule has 0 aliphatic carbocycles. The zero-order valence-corrected chi connectivity index (χ0v) is 9.96. The minimum atomic E-state index is 0. The van der Waals surface area contributed by atoms with Crippen LogP contribution in [0.2, 0.25) is 0 Å². The highest BCUT2D eigenvalue weighted by atomic mass is 14.8. The molecular formula is C12H24N2. The second kappa shape index (κ2) is 11.7. The SMILES string of the molecule is C=Cc1[nH]ccc1N=CC.CC.CC.[HH]. The number of aromatic nitrogens is 1. The Morgan fingerprint density at radius 2 is 1.93 bits per heavy atom. The van der Waals surface area contributed by atoms with Crippen molar-refractivity contribution in [2.24, 2.45) is 4.99 Å². The lowest BCUT2D eigenvalue weighted by Crippen LogP contribution is -1.68. The molecule has 0 saturated heterocycles. The van der Waals surface area contributed by atoms with Gasteiger partial charge in [-0.15, -0.1) is 0 Å². The Bertz CT molecular complexity index is 252. The van der Waals surface area contributed by atoms with Gasteiger partial charge in [0.25, 0.3) is 0 Å². The topological polar surface area (TPSA) is 28.1 Å². The zero-order chi connectivity index (χ0) is 11.4. The molecule has 0 unspecified atom stereocenters. The average molecular weight is 196 g/mol. The van der Waals surface area contributed by atoms with Crippen LogP contribution in [0.4, 0.5) is 5.69 Å². The molecule has 1 N–H and O–H groups in total. The quantitative estimate of drug-likeness (QED) is 0.665. The number of nitrogens with zero attached hydrogens (tertiary/aromatic N) is 1. The largest absolute Gasteiger partial charge is 0.360 e. The van der Waals surface area contributed by atoms with Gasteiger partial charge in [0.1, 0.15) is 0 Å². The summed E-state index contributed by atoms with van der Waals surface area (Å²) in [5.41, 5.74) is 1.91. The van der Waals surface area contributed by atoms with Gasteiger partial charge in [0.2, 0.25) is 0 Å². The van der Waals surface area contributed by atoms with E-state index in [-0.39, 0.29) is 1.43 Å². The molecule has 0 radical (unpaired) electrons. The molecule has 1 heterocycles. The van der Waals surface area contributed by atoms with Crippen LogP contribution in [0.25, 0.3) is 6.08 Å². The fourth-order valence-electron chi connectivity index (χ4n) is 0.789.